The second kappa shape index (κ2) is 4.72. The second-order valence-electron chi connectivity index (χ2n) is 2.13. The van der Waals surface area contributed by atoms with E-state index in [0.29, 0.717) is 12.2 Å². The predicted octanol–water partition coefficient (Wildman–Crippen LogP) is -0.256. The minimum Gasteiger partial charge on any atom is -0.417 e. The molecular weight excluding hydrogens is 219 g/mol. The first kappa shape index (κ1) is 10.9. The van der Waals surface area contributed by atoms with Gasteiger partial charge in [0.15, 0.2) is 0 Å². The van der Waals surface area contributed by atoms with Crippen molar-refractivity contribution in [2.24, 2.45) is 7.05 Å². The molecule has 0 saturated carbocycles. The Morgan fingerprint density at radius 2 is 2.36 bits per heavy atom. The van der Waals surface area contributed by atoms with Crippen LogP contribution in [0.25, 0.3) is 0 Å². The van der Waals surface area contributed by atoms with Gasteiger partial charge in [0, 0.05) is 39.8 Å². The third kappa shape index (κ3) is 3.21. The van der Waals surface area contributed by atoms with Gasteiger partial charge in [-0.25, -0.2) is 0 Å². The zero-order chi connectivity index (χ0) is 7.56. The van der Waals surface area contributed by atoms with E-state index < -0.39 is 0 Å². The molecule has 0 aromatic carbocycles. The second-order valence-corrected chi connectivity index (χ2v) is 2.13. The van der Waals surface area contributed by atoms with Crippen molar-refractivity contribution in [3.63, 3.8) is 0 Å². The molecule has 0 bridgehead atoms. The van der Waals surface area contributed by atoms with E-state index in [0.717, 1.165) is 0 Å². The number of carbonyl (C=O) groups is 1. The summed E-state index contributed by atoms with van der Waals surface area (Å²) in [6, 6.07) is 0. The Hall–Kier alpha value is -0.0861. The number of Topliss-reactive ketones (excluding diaryl/α,β-unsaturated/α-hetero) is 1. The summed E-state index contributed by atoms with van der Waals surface area (Å²) in [6.45, 7) is 1.52. The van der Waals surface area contributed by atoms with Crippen molar-refractivity contribution >= 4 is 5.78 Å². The van der Waals surface area contributed by atoms with Gasteiger partial charge in [0.1, 0.15) is 5.78 Å². The Morgan fingerprint density at radius 1 is 1.73 bits per heavy atom. The summed E-state index contributed by atoms with van der Waals surface area (Å²) >= 11 is 0. The number of aromatic nitrogens is 3. The molecule has 0 fully saturated rings. The van der Waals surface area contributed by atoms with Gasteiger partial charge in [-0.05, 0) is 25.5 Å². The van der Waals surface area contributed by atoms with Gasteiger partial charge < -0.3 is 14.5 Å². The zero-order valence-electron chi connectivity index (χ0n) is 6.53. The smallest absolute Gasteiger partial charge is 0.120 e. The van der Waals surface area contributed by atoms with Crippen LogP contribution in [0, 0.1) is 6.33 Å². The fourth-order valence-electron chi connectivity index (χ4n) is 0.654. The van der Waals surface area contributed by atoms with Crippen molar-refractivity contribution in [1.82, 2.24) is 14.8 Å². The molecule has 1 rings (SSSR count). The van der Waals surface area contributed by atoms with Crippen LogP contribution in [-0.4, -0.2) is 20.5 Å². The zero-order valence-corrected chi connectivity index (χ0v) is 9.37. The van der Waals surface area contributed by atoms with E-state index in [2.05, 4.69) is 16.4 Å². The Bertz CT molecular complexity index is 246. The molecule has 0 aliphatic heterocycles. The number of hydrogen-bond acceptors (Lipinski definition) is 3. The summed E-state index contributed by atoms with van der Waals surface area (Å²) in [5.74, 6) is 0.747. The number of nitrogens with zero attached hydrogens (tertiary/aromatic N) is 3. The third-order valence-electron chi connectivity index (χ3n) is 1.15. The topological polar surface area (TPSA) is 47.8 Å². The van der Waals surface area contributed by atoms with Gasteiger partial charge in [-0.3, -0.25) is 5.10 Å². The quantitative estimate of drug-likeness (QED) is 0.654. The molecule has 1 radical (unpaired) electrons. The molecule has 0 saturated heterocycles. The van der Waals surface area contributed by atoms with Gasteiger partial charge in [-0.15, -0.1) is 0 Å². The Morgan fingerprint density at radius 3 is 2.73 bits per heavy atom. The molecule has 0 spiro atoms. The van der Waals surface area contributed by atoms with E-state index in [1.165, 1.54) is 6.92 Å². The molecule has 5 heteroatoms. The molecule has 0 atom stereocenters. The minimum absolute atomic E-state index is 0. The van der Waals surface area contributed by atoms with Crippen molar-refractivity contribution in [3.8, 4) is 0 Å². The summed E-state index contributed by atoms with van der Waals surface area (Å²) in [6.07, 6.45) is 2.75. The maximum absolute atomic E-state index is 10.6. The molecule has 0 N–H and O–H groups in total. The van der Waals surface area contributed by atoms with Crippen molar-refractivity contribution in [1.29, 1.82) is 0 Å². The number of hydrogen-bond donors (Lipinski definition) is 0. The van der Waals surface area contributed by atoms with Gasteiger partial charge in [0.25, 0.3) is 0 Å². The Balaban J connectivity index is 0.000001000. The predicted molar refractivity (Wildman–Crippen MR) is 34.2 cm³/mol. The first-order valence-electron chi connectivity index (χ1n) is 2.95. The largest absolute Gasteiger partial charge is 0.417 e. The van der Waals surface area contributed by atoms with E-state index in [1.54, 1.807) is 11.7 Å². The number of rotatable bonds is 2. The summed E-state index contributed by atoms with van der Waals surface area (Å²) in [5.41, 5.74) is 0. The van der Waals surface area contributed by atoms with Gasteiger partial charge >= 0.3 is 0 Å². The van der Waals surface area contributed by atoms with Crippen LogP contribution in [0.3, 0.4) is 0 Å². The molecule has 1 aromatic heterocycles. The fraction of sp³-hybridized carbons (Fsp3) is 0.500. The number of ketones is 1. The maximum Gasteiger partial charge on any atom is 0.120 e. The van der Waals surface area contributed by atoms with Gasteiger partial charge in [0.2, 0.25) is 0 Å². The molecule has 4 nitrogen and oxygen atoms in total. The third-order valence-corrected chi connectivity index (χ3v) is 1.15. The van der Waals surface area contributed by atoms with Crippen molar-refractivity contribution in [3.05, 3.63) is 12.2 Å². The Kier molecular flexibility index (Phi) is 4.69. The molecule has 0 unspecified atom stereocenters. The first-order valence-corrected chi connectivity index (χ1v) is 2.95. The van der Waals surface area contributed by atoms with Crippen molar-refractivity contribution < 1.29 is 37.5 Å². The van der Waals surface area contributed by atoms with E-state index in [4.69, 9.17) is 0 Å². The van der Waals surface area contributed by atoms with Gasteiger partial charge in [-0.2, -0.15) is 0 Å². The van der Waals surface area contributed by atoms with E-state index >= 15 is 0 Å². The molecule has 0 aliphatic carbocycles. The van der Waals surface area contributed by atoms with E-state index in [-0.39, 0.29) is 38.5 Å². The molecule has 1 aromatic rings. The summed E-state index contributed by atoms with van der Waals surface area (Å²) in [7, 11) is 1.74. The molecule has 0 aliphatic rings. The van der Waals surface area contributed by atoms with Crippen molar-refractivity contribution in [2.75, 3.05) is 0 Å². The maximum atomic E-state index is 10.6. The van der Waals surface area contributed by atoms with E-state index in [1.807, 2.05) is 0 Å². The monoisotopic (exact) mass is 227 g/mol. The average molecular weight is 227 g/mol. The molecule has 0 amide bonds. The Labute approximate surface area is 90.3 Å². The molecule has 57 valence electrons. The van der Waals surface area contributed by atoms with Crippen LogP contribution >= 0.6 is 0 Å². The first-order chi connectivity index (χ1) is 4.70. The van der Waals surface area contributed by atoms with Gasteiger partial charge in [0.05, 0.1) is 0 Å². The minimum atomic E-state index is 0. The number of aryl methyl sites for hydroxylation is 1. The molecule has 11 heavy (non-hydrogen) atoms. The SMILES string of the molecule is CC(=O)Cc1n[c-]nn1C.[Y]. The van der Waals surface area contributed by atoms with E-state index in [9.17, 15) is 4.79 Å². The number of carbonyl (C=O) groups excluding carboxylic acids is 1. The van der Waals surface area contributed by atoms with Crippen LogP contribution in [0.4, 0.5) is 0 Å². The van der Waals surface area contributed by atoms with Crippen LogP contribution in [-0.2, 0) is 51.0 Å². The van der Waals surface area contributed by atoms with Crippen LogP contribution < -0.4 is 0 Å². The normalized spacial score (nSPS) is 8.91. The van der Waals surface area contributed by atoms with Crippen LogP contribution in [0.1, 0.15) is 12.7 Å². The molecule has 1 heterocycles. The fourth-order valence-corrected chi connectivity index (χ4v) is 0.654. The van der Waals surface area contributed by atoms with Gasteiger partial charge in [-0.1, -0.05) is 0 Å². The van der Waals surface area contributed by atoms with Crippen molar-refractivity contribution in [2.45, 2.75) is 13.3 Å². The summed E-state index contributed by atoms with van der Waals surface area (Å²) in [5, 5.41) is 3.70. The average Bonchev–Trinajstić information content (AvgIpc) is 2.15. The van der Waals surface area contributed by atoms with Crippen LogP contribution in [0.2, 0.25) is 0 Å². The standard InChI is InChI=1S/C6H8N3O.Y/c1-5(10)3-6-7-4-8-9(6)2;/h3H2,1-2H3;/q-1;. The van der Waals surface area contributed by atoms with Crippen LogP contribution in [0.5, 0.6) is 0 Å². The van der Waals surface area contributed by atoms with Crippen LogP contribution in [0.15, 0.2) is 0 Å². The summed E-state index contributed by atoms with van der Waals surface area (Å²) < 4.78 is 1.54. The molecular formula is C6H8N3OY-. The summed E-state index contributed by atoms with van der Waals surface area (Å²) in [4.78, 5) is 14.3.